The minimum Gasteiger partial charge on any atom is -0.508 e. The Kier molecular flexibility index (Phi) is 3.55. The quantitative estimate of drug-likeness (QED) is 0.862. The summed E-state index contributed by atoms with van der Waals surface area (Å²) < 4.78 is 0. The lowest BCUT2D eigenvalue weighted by molar-refractivity contribution is 0.166. The predicted octanol–water partition coefficient (Wildman–Crippen LogP) is 3.51. The molecule has 2 nitrogen and oxygen atoms in total. The molecule has 1 saturated heterocycles. The zero-order chi connectivity index (χ0) is 12.4. The molecule has 0 radical (unpaired) electrons. The highest BCUT2D eigenvalue weighted by atomic mass is 16.3. The largest absolute Gasteiger partial charge is 0.508 e. The molecule has 98 valence electrons. The number of aromatic hydroxyl groups is 1. The third kappa shape index (κ3) is 2.39. The highest BCUT2D eigenvalue weighted by molar-refractivity contribution is 5.31. The van der Waals surface area contributed by atoms with E-state index in [1.165, 1.54) is 57.2 Å². The number of rotatable bonds is 2. The van der Waals surface area contributed by atoms with E-state index >= 15 is 0 Å². The Morgan fingerprint density at radius 1 is 1.00 bits per heavy atom. The fraction of sp³-hybridized carbons (Fsp3) is 0.625. The van der Waals surface area contributed by atoms with Gasteiger partial charge in [0.25, 0.3) is 0 Å². The summed E-state index contributed by atoms with van der Waals surface area (Å²) in [5.41, 5.74) is 1.34. The van der Waals surface area contributed by atoms with Crippen LogP contribution >= 0.6 is 0 Å². The van der Waals surface area contributed by atoms with Gasteiger partial charge in [-0.05, 0) is 62.4 Å². The molecule has 1 aromatic rings. The van der Waals surface area contributed by atoms with Gasteiger partial charge in [-0.3, -0.25) is 4.90 Å². The van der Waals surface area contributed by atoms with Gasteiger partial charge in [0.2, 0.25) is 0 Å². The van der Waals surface area contributed by atoms with Gasteiger partial charge >= 0.3 is 0 Å². The molecular formula is C16H23NO. The standard InChI is InChI=1S/C16H23NO/c18-14-7-5-6-13(12-14)15-8-1-2-9-16(15)17-10-3-4-11-17/h5-7,12,15-16,18H,1-4,8-11H2/t15-,16-/m0/s1. The smallest absolute Gasteiger partial charge is 0.115 e. The maximum atomic E-state index is 9.68. The van der Waals surface area contributed by atoms with Crippen LogP contribution < -0.4 is 0 Å². The molecule has 2 heteroatoms. The van der Waals surface area contributed by atoms with Gasteiger partial charge in [-0.2, -0.15) is 0 Å². The van der Waals surface area contributed by atoms with Crippen LogP contribution in [0.4, 0.5) is 0 Å². The number of hydrogen-bond donors (Lipinski definition) is 1. The molecule has 2 fully saturated rings. The molecule has 2 atom stereocenters. The van der Waals surface area contributed by atoms with E-state index in [4.69, 9.17) is 0 Å². The van der Waals surface area contributed by atoms with E-state index in [1.54, 1.807) is 6.07 Å². The van der Waals surface area contributed by atoms with Crippen LogP contribution in [-0.2, 0) is 0 Å². The van der Waals surface area contributed by atoms with Crippen LogP contribution in [0.25, 0.3) is 0 Å². The van der Waals surface area contributed by atoms with Crippen molar-refractivity contribution in [3.8, 4) is 5.75 Å². The Labute approximate surface area is 110 Å². The molecule has 2 aliphatic rings. The zero-order valence-electron chi connectivity index (χ0n) is 11.0. The maximum absolute atomic E-state index is 9.68. The SMILES string of the molecule is Oc1cccc([C@@H]2CCCC[C@@H]2N2CCCC2)c1. The van der Waals surface area contributed by atoms with Crippen LogP contribution in [0.1, 0.15) is 50.0 Å². The lowest BCUT2D eigenvalue weighted by atomic mass is 9.79. The average Bonchev–Trinajstić information content (AvgIpc) is 2.92. The van der Waals surface area contributed by atoms with Gasteiger partial charge in [0.1, 0.15) is 5.75 Å². The molecule has 0 unspecified atom stereocenters. The van der Waals surface area contributed by atoms with E-state index in [1.807, 2.05) is 12.1 Å². The Hall–Kier alpha value is -1.02. The summed E-state index contributed by atoms with van der Waals surface area (Å²) in [5, 5.41) is 9.68. The second kappa shape index (κ2) is 5.31. The summed E-state index contributed by atoms with van der Waals surface area (Å²) in [7, 11) is 0. The van der Waals surface area contributed by atoms with Crippen molar-refractivity contribution in [3.63, 3.8) is 0 Å². The van der Waals surface area contributed by atoms with E-state index in [9.17, 15) is 5.11 Å². The summed E-state index contributed by atoms with van der Waals surface area (Å²) in [5.74, 6) is 1.04. The molecule has 1 N–H and O–H groups in total. The van der Waals surface area contributed by atoms with E-state index in [0.717, 1.165) is 0 Å². The van der Waals surface area contributed by atoms with E-state index in [2.05, 4.69) is 11.0 Å². The van der Waals surface area contributed by atoms with Crippen molar-refractivity contribution < 1.29 is 5.11 Å². The Morgan fingerprint density at radius 2 is 1.78 bits per heavy atom. The van der Waals surface area contributed by atoms with Crippen molar-refractivity contribution in [1.29, 1.82) is 0 Å². The van der Waals surface area contributed by atoms with E-state index in [-0.39, 0.29) is 0 Å². The van der Waals surface area contributed by atoms with Crippen LogP contribution in [-0.4, -0.2) is 29.1 Å². The van der Waals surface area contributed by atoms with Crippen LogP contribution in [0.15, 0.2) is 24.3 Å². The molecule has 0 spiro atoms. The topological polar surface area (TPSA) is 23.5 Å². The Morgan fingerprint density at radius 3 is 2.56 bits per heavy atom. The van der Waals surface area contributed by atoms with Gasteiger partial charge in [-0.15, -0.1) is 0 Å². The molecule has 1 aliphatic carbocycles. The molecule has 1 saturated carbocycles. The molecule has 1 aromatic carbocycles. The molecule has 0 bridgehead atoms. The highest BCUT2D eigenvalue weighted by Crippen LogP contribution is 2.38. The van der Waals surface area contributed by atoms with E-state index < -0.39 is 0 Å². The summed E-state index contributed by atoms with van der Waals surface area (Å²) in [6.45, 7) is 2.56. The number of nitrogens with zero attached hydrogens (tertiary/aromatic N) is 1. The van der Waals surface area contributed by atoms with Gasteiger partial charge in [-0.25, -0.2) is 0 Å². The summed E-state index contributed by atoms with van der Waals surface area (Å²) in [6, 6.07) is 8.64. The first-order valence-electron chi connectivity index (χ1n) is 7.37. The maximum Gasteiger partial charge on any atom is 0.115 e. The van der Waals surface area contributed by atoms with Crippen LogP contribution in [0.5, 0.6) is 5.75 Å². The summed E-state index contributed by atoms with van der Waals surface area (Å²) >= 11 is 0. The number of hydrogen-bond acceptors (Lipinski definition) is 2. The minimum atomic E-state index is 0.415. The zero-order valence-corrected chi connectivity index (χ0v) is 11.0. The monoisotopic (exact) mass is 245 g/mol. The van der Waals surface area contributed by atoms with Crippen molar-refractivity contribution in [2.45, 2.75) is 50.5 Å². The number of phenolic OH excluding ortho intramolecular Hbond substituents is 1. The fourth-order valence-corrected chi connectivity index (χ4v) is 3.77. The first kappa shape index (κ1) is 12.0. The lowest BCUT2D eigenvalue weighted by Gasteiger charge is -2.38. The summed E-state index contributed by atoms with van der Waals surface area (Å²) in [4.78, 5) is 2.69. The van der Waals surface area contributed by atoms with Crippen molar-refractivity contribution in [1.82, 2.24) is 4.90 Å². The van der Waals surface area contributed by atoms with Gasteiger partial charge in [-0.1, -0.05) is 25.0 Å². The summed E-state index contributed by atoms with van der Waals surface area (Å²) in [6.07, 6.45) is 8.05. The lowest BCUT2D eigenvalue weighted by Crippen LogP contribution is -2.39. The first-order valence-corrected chi connectivity index (χ1v) is 7.37. The van der Waals surface area contributed by atoms with Crippen LogP contribution in [0.2, 0.25) is 0 Å². The van der Waals surface area contributed by atoms with Gasteiger partial charge in [0, 0.05) is 6.04 Å². The third-order valence-corrected chi connectivity index (χ3v) is 4.64. The minimum absolute atomic E-state index is 0.415. The van der Waals surface area contributed by atoms with Gasteiger partial charge < -0.3 is 5.11 Å². The third-order valence-electron chi connectivity index (χ3n) is 4.64. The van der Waals surface area contributed by atoms with Gasteiger partial charge in [0.15, 0.2) is 0 Å². The molecule has 1 aliphatic heterocycles. The molecule has 0 aromatic heterocycles. The molecular weight excluding hydrogens is 222 g/mol. The van der Waals surface area contributed by atoms with Crippen molar-refractivity contribution in [3.05, 3.63) is 29.8 Å². The Bertz CT molecular complexity index is 398. The second-order valence-electron chi connectivity index (χ2n) is 5.80. The van der Waals surface area contributed by atoms with Crippen LogP contribution in [0.3, 0.4) is 0 Å². The Balaban J connectivity index is 1.82. The predicted molar refractivity (Wildman–Crippen MR) is 73.9 cm³/mol. The highest BCUT2D eigenvalue weighted by Gasteiger charge is 2.32. The van der Waals surface area contributed by atoms with Crippen molar-refractivity contribution >= 4 is 0 Å². The van der Waals surface area contributed by atoms with Crippen molar-refractivity contribution in [2.75, 3.05) is 13.1 Å². The molecule has 18 heavy (non-hydrogen) atoms. The average molecular weight is 245 g/mol. The number of phenols is 1. The molecule has 0 amide bonds. The normalized spacial score (nSPS) is 29.6. The van der Waals surface area contributed by atoms with Crippen molar-refractivity contribution in [2.24, 2.45) is 0 Å². The van der Waals surface area contributed by atoms with E-state index in [0.29, 0.717) is 17.7 Å². The molecule has 3 rings (SSSR count). The molecule has 1 heterocycles. The fourth-order valence-electron chi connectivity index (χ4n) is 3.77. The van der Waals surface area contributed by atoms with Gasteiger partial charge in [0.05, 0.1) is 0 Å². The number of benzene rings is 1. The van der Waals surface area contributed by atoms with Crippen LogP contribution in [0, 0.1) is 0 Å². The second-order valence-corrected chi connectivity index (χ2v) is 5.80. The number of likely N-dealkylation sites (tertiary alicyclic amines) is 1. The first-order chi connectivity index (χ1) is 8.84.